The summed E-state index contributed by atoms with van der Waals surface area (Å²) < 4.78 is 5.95. The van der Waals surface area contributed by atoms with Crippen LogP contribution in [0.15, 0.2) is 42.7 Å². The highest BCUT2D eigenvalue weighted by Crippen LogP contribution is 2.51. The van der Waals surface area contributed by atoms with Crippen molar-refractivity contribution in [2.45, 2.75) is 18.4 Å². The molecule has 4 nitrogen and oxygen atoms in total. The van der Waals surface area contributed by atoms with Crippen LogP contribution in [0.4, 0.5) is 0 Å². The zero-order valence-electron chi connectivity index (χ0n) is 12.7. The summed E-state index contributed by atoms with van der Waals surface area (Å²) in [6, 6.07) is 9.70. The van der Waals surface area contributed by atoms with Gasteiger partial charge in [0.2, 0.25) is 0 Å². The quantitative estimate of drug-likeness (QED) is 0.879. The van der Waals surface area contributed by atoms with Crippen molar-refractivity contribution in [2.75, 3.05) is 20.1 Å². The molecule has 1 fully saturated rings. The maximum Gasteiger partial charge on any atom is 0.152 e. The minimum atomic E-state index is -0.992. The summed E-state index contributed by atoms with van der Waals surface area (Å²) in [5.74, 6) is 1.60. The minimum Gasteiger partial charge on any atom is -0.455 e. The SMILES string of the molecule is CN1CCC([C@@]2(O)c3ccccc3Oc3cnccc32)CC1. The fourth-order valence-corrected chi connectivity index (χ4v) is 3.78. The molecule has 1 atom stereocenters. The molecular weight excluding hydrogens is 276 g/mol. The first kappa shape index (κ1) is 13.7. The first-order valence-corrected chi connectivity index (χ1v) is 7.82. The molecule has 114 valence electrons. The van der Waals surface area contributed by atoms with E-state index in [1.54, 1.807) is 12.4 Å². The molecule has 2 aliphatic rings. The van der Waals surface area contributed by atoms with E-state index in [9.17, 15) is 5.11 Å². The van der Waals surface area contributed by atoms with Gasteiger partial charge in [-0.05, 0) is 51.0 Å². The number of para-hydroxylation sites is 1. The third-order valence-electron chi connectivity index (χ3n) is 5.02. The van der Waals surface area contributed by atoms with E-state index in [0.29, 0.717) is 5.75 Å². The van der Waals surface area contributed by atoms with E-state index in [4.69, 9.17) is 4.74 Å². The van der Waals surface area contributed by atoms with Crippen molar-refractivity contribution >= 4 is 0 Å². The number of nitrogens with zero attached hydrogens (tertiary/aromatic N) is 2. The fraction of sp³-hybridized carbons (Fsp3) is 0.389. The van der Waals surface area contributed by atoms with Crippen LogP contribution in [0, 0.1) is 5.92 Å². The van der Waals surface area contributed by atoms with Gasteiger partial charge in [-0.25, -0.2) is 0 Å². The van der Waals surface area contributed by atoms with Gasteiger partial charge in [-0.3, -0.25) is 4.98 Å². The van der Waals surface area contributed by atoms with Crippen LogP contribution in [0.2, 0.25) is 0 Å². The number of hydrogen-bond acceptors (Lipinski definition) is 4. The van der Waals surface area contributed by atoms with E-state index < -0.39 is 5.60 Å². The van der Waals surface area contributed by atoms with Crippen LogP contribution < -0.4 is 4.74 Å². The maximum absolute atomic E-state index is 11.8. The monoisotopic (exact) mass is 296 g/mol. The fourth-order valence-electron chi connectivity index (χ4n) is 3.78. The normalized spacial score (nSPS) is 25.2. The van der Waals surface area contributed by atoms with Gasteiger partial charge < -0.3 is 14.7 Å². The average molecular weight is 296 g/mol. The standard InChI is InChI=1S/C18H20N2O2/c1-20-10-7-13(8-11-20)18(21)14-4-2-3-5-16(14)22-17-12-19-9-6-15(17)18/h2-6,9,12-13,21H,7-8,10-11H2,1H3/t18-/m1/s1. The lowest BCUT2D eigenvalue weighted by molar-refractivity contribution is -0.0178. The Kier molecular flexibility index (Phi) is 3.17. The van der Waals surface area contributed by atoms with E-state index in [1.165, 1.54) is 0 Å². The van der Waals surface area contributed by atoms with Crippen LogP contribution in [0.5, 0.6) is 11.5 Å². The lowest BCUT2D eigenvalue weighted by atomic mass is 9.71. The van der Waals surface area contributed by atoms with Crippen LogP contribution in [-0.2, 0) is 5.60 Å². The second kappa shape index (κ2) is 5.07. The Hall–Kier alpha value is -1.91. The van der Waals surface area contributed by atoms with Crippen LogP contribution >= 0.6 is 0 Å². The van der Waals surface area contributed by atoms with Crippen LogP contribution in [0.3, 0.4) is 0 Å². The minimum absolute atomic E-state index is 0.190. The molecule has 22 heavy (non-hydrogen) atoms. The second-order valence-corrected chi connectivity index (χ2v) is 6.31. The number of aromatic nitrogens is 1. The number of benzene rings is 1. The summed E-state index contributed by atoms with van der Waals surface area (Å²) >= 11 is 0. The van der Waals surface area contributed by atoms with Crippen molar-refractivity contribution in [1.82, 2.24) is 9.88 Å². The molecule has 4 rings (SSSR count). The molecule has 0 bridgehead atoms. The van der Waals surface area contributed by atoms with E-state index in [-0.39, 0.29) is 5.92 Å². The summed E-state index contributed by atoms with van der Waals surface area (Å²) in [7, 11) is 2.13. The van der Waals surface area contributed by atoms with Gasteiger partial charge in [0.05, 0.1) is 6.20 Å². The molecule has 1 saturated heterocycles. The van der Waals surface area contributed by atoms with Crippen LogP contribution in [-0.4, -0.2) is 35.1 Å². The Morgan fingerprint density at radius 3 is 2.68 bits per heavy atom. The molecule has 2 aromatic rings. The van der Waals surface area contributed by atoms with Crippen molar-refractivity contribution in [3.05, 3.63) is 53.9 Å². The summed E-state index contributed by atoms with van der Waals surface area (Å²) in [5, 5.41) is 11.8. The average Bonchev–Trinajstić information content (AvgIpc) is 2.56. The molecule has 1 aromatic heterocycles. The van der Waals surface area contributed by atoms with Gasteiger partial charge in [0.25, 0.3) is 0 Å². The summed E-state index contributed by atoms with van der Waals surface area (Å²) in [6.07, 6.45) is 5.38. The first-order valence-electron chi connectivity index (χ1n) is 7.82. The molecule has 0 aliphatic carbocycles. The number of piperidine rings is 1. The van der Waals surface area contributed by atoms with Gasteiger partial charge in [-0.15, -0.1) is 0 Å². The van der Waals surface area contributed by atoms with Gasteiger partial charge in [-0.2, -0.15) is 0 Å². The molecule has 0 spiro atoms. The predicted octanol–water partition coefficient (Wildman–Crippen LogP) is 2.77. The molecule has 4 heteroatoms. The highest BCUT2D eigenvalue weighted by molar-refractivity contribution is 5.55. The predicted molar refractivity (Wildman–Crippen MR) is 84.0 cm³/mol. The molecule has 1 aromatic carbocycles. The van der Waals surface area contributed by atoms with Gasteiger partial charge in [0, 0.05) is 17.3 Å². The highest BCUT2D eigenvalue weighted by atomic mass is 16.5. The second-order valence-electron chi connectivity index (χ2n) is 6.31. The largest absolute Gasteiger partial charge is 0.455 e. The molecule has 0 amide bonds. The summed E-state index contributed by atoms with van der Waals surface area (Å²) in [5.41, 5.74) is 0.730. The Morgan fingerprint density at radius 2 is 1.86 bits per heavy atom. The smallest absolute Gasteiger partial charge is 0.152 e. The first-order chi connectivity index (χ1) is 10.7. The van der Waals surface area contributed by atoms with E-state index in [0.717, 1.165) is 42.8 Å². The lowest BCUT2D eigenvalue weighted by Crippen LogP contribution is -2.44. The van der Waals surface area contributed by atoms with Gasteiger partial charge in [-0.1, -0.05) is 18.2 Å². The number of fused-ring (bicyclic) bond motifs is 2. The summed E-state index contributed by atoms with van der Waals surface area (Å²) in [6.45, 7) is 2.02. The van der Waals surface area contributed by atoms with Crippen molar-refractivity contribution in [2.24, 2.45) is 5.92 Å². The lowest BCUT2D eigenvalue weighted by Gasteiger charge is -2.44. The number of likely N-dealkylation sites (tertiary alicyclic amines) is 1. The van der Waals surface area contributed by atoms with Gasteiger partial charge >= 0.3 is 0 Å². The molecule has 0 unspecified atom stereocenters. The van der Waals surface area contributed by atoms with E-state index in [2.05, 4.69) is 16.9 Å². The topological polar surface area (TPSA) is 45.6 Å². The Labute approximate surface area is 130 Å². The van der Waals surface area contributed by atoms with Crippen molar-refractivity contribution < 1.29 is 9.84 Å². The van der Waals surface area contributed by atoms with E-state index >= 15 is 0 Å². The zero-order valence-corrected chi connectivity index (χ0v) is 12.7. The van der Waals surface area contributed by atoms with Crippen LogP contribution in [0.25, 0.3) is 0 Å². The Bertz CT molecular complexity index is 647. The Balaban J connectivity index is 1.87. The molecule has 1 N–H and O–H groups in total. The number of ether oxygens (including phenoxy) is 1. The Morgan fingerprint density at radius 1 is 1.14 bits per heavy atom. The number of pyridine rings is 1. The molecular formula is C18H20N2O2. The molecule has 3 heterocycles. The number of aliphatic hydroxyl groups is 1. The van der Waals surface area contributed by atoms with Crippen molar-refractivity contribution in [3.63, 3.8) is 0 Å². The number of rotatable bonds is 1. The zero-order chi connectivity index (χ0) is 15.2. The molecule has 0 radical (unpaired) electrons. The van der Waals surface area contributed by atoms with Crippen LogP contribution in [0.1, 0.15) is 24.0 Å². The number of hydrogen-bond donors (Lipinski definition) is 1. The van der Waals surface area contributed by atoms with Gasteiger partial charge in [0.15, 0.2) is 5.75 Å². The van der Waals surface area contributed by atoms with Crippen molar-refractivity contribution in [3.8, 4) is 11.5 Å². The van der Waals surface area contributed by atoms with E-state index in [1.807, 2.05) is 30.3 Å². The third kappa shape index (κ3) is 1.95. The van der Waals surface area contributed by atoms with Gasteiger partial charge in [0.1, 0.15) is 11.4 Å². The third-order valence-corrected chi connectivity index (χ3v) is 5.02. The molecule has 2 aliphatic heterocycles. The highest BCUT2D eigenvalue weighted by Gasteiger charge is 2.47. The van der Waals surface area contributed by atoms with Crippen molar-refractivity contribution in [1.29, 1.82) is 0 Å². The molecule has 0 saturated carbocycles. The maximum atomic E-state index is 11.8. The summed E-state index contributed by atoms with van der Waals surface area (Å²) in [4.78, 5) is 6.47.